The van der Waals surface area contributed by atoms with Gasteiger partial charge in [0.15, 0.2) is 6.61 Å². The van der Waals surface area contributed by atoms with Gasteiger partial charge in [0.2, 0.25) is 0 Å². The second kappa shape index (κ2) is 7.61. The fourth-order valence-corrected chi connectivity index (χ4v) is 2.42. The lowest BCUT2D eigenvalue weighted by atomic mass is 10.1. The largest absolute Gasteiger partial charge is 0.462 e. The Morgan fingerprint density at radius 2 is 2.04 bits per heavy atom. The van der Waals surface area contributed by atoms with Crippen molar-refractivity contribution in [3.63, 3.8) is 0 Å². The summed E-state index contributed by atoms with van der Waals surface area (Å²) >= 11 is 0. The van der Waals surface area contributed by atoms with E-state index in [4.69, 9.17) is 9.15 Å². The highest BCUT2D eigenvalue weighted by molar-refractivity contribution is 6.02. The van der Waals surface area contributed by atoms with Crippen LogP contribution in [0.2, 0.25) is 0 Å². The van der Waals surface area contributed by atoms with Gasteiger partial charge < -0.3 is 9.15 Å². The summed E-state index contributed by atoms with van der Waals surface area (Å²) in [7, 11) is 0. The molecule has 0 aliphatic carbocycles. The number of hydrazone groups is 1. The third-order valence-corrected chi connectivity index (χ3v) is 3.68. The molecule has 0 fully saturated rings. The quantitative estimate of drug-likeness (QED) is 0.621. The van der Waals surface area contributed by atoms with E-state index in [1.54, 1.807) is 12.1 Å². The van der Waals surface area contributed by atoms with E-state index in [9.17, 15) is 9.59 Å². The van der Waals surface area contributed by atoms with Crippen molar-refractivity contribution in [2.75, 3.05) is 13.2 Å². The van der Waals surface area contributed by atoms with E-state index < -0.39 is 5.97 Å². The first-order valence-electron chi connectivity index (χ1n) is 7.96. The number of amides is 1. The molecule has 2 aromatic rings. The van der Waals surface area contributed by atoms with Crippen LogP contribution < -0.4 is 0 Å². The molecule has 1 aromatic carbocycles. The monoisotopic (exact) mass is 338 g/mol. The molecule has 2 heterocycles. The van der Waals surface area contributed by atoms with Gasteiger partial charge in [0.05, 0.1) is 12.3 Å². The van der Waals surface area contributed by atoms with Crippen molar-refractivity contribution in [1.82, 2.24) is 5.01 Å². The van der Waals surface area contributed by atoms with Crippen LogP contribution in [0.1, 0.15) is 23.5 Å². The predicted octanol–water partition coefficient (Wildman–Crippen LogP) is 2.78. The molecule has 0 saturated carbocycles. The van der Waals surface area contributed by atoms with Crippen molar-refractivity contribution in [3.8, 4) is 0 Å². The average molecular weight is 338 g/mol. The van der Waals surface area contributed by atoms with Gasteiger partial charge >= 0.3 is 5.97 Å². The van der Waals surface area contributed by atoms with Crippen LogP contribution in [-0.4, -0.2) is 35.7 Å². The summed E-state index contributed by atoms with van der Waals surface area (Å²) in [4.78, 5) is 23.8. The summed E-state index contributed by atoms with van der Waals surface area (Å²) in [6, 6.07) is 13.2. The zero-order chi connectivity index (χ0) is 17.6. The summed E-state index contributed by atoms with van der Waals surface area (Å²) in [5.74, 6) is 0.358. The SMILES string of the molecule is Cc1ccc(/C=C/C(=O)OCC(=O)N2CCC(c3ccccc3)=N2)o1. The molecular weight excluding hydrogens is 320 g/mol. The molecule has 6 heteroatoms. The molecule has 0 spiro atoms. The predicted molar refractivity (Wildman–Crippen MR) is 92.7 cm³/mol. The van der Waals surface area contributed by atoms with Gasteiger partial charge in [-0.15, -0.1) is 0 Å². The number of hydrogen-bond acceptors (Lipinski definition) is 5. The maximum absolute atomic E-state index is 12.1. The molecule has 0 unspecified atom stereocenters. The number of carbonyl (C=O) groups excluding carboxylic acids is 2. The Hall–Kier alpha value is -3.15. The number of rotatable bonds is 5. The molecular formula is C19H18N2O4. The Morgan fingerprint density at radius 1 is 1.24 bits per heavy atom. The van der Waals surface area contributed by atoms with Crippen LogP contribution in [0.25, 0.3) is 6.08 Å². The molecule has 1 amide bonds. The van der Waals surface area contributed by atoms with E-state index in [1.165, 1.54) is 17.2 Å². The van der Waals surface area contributed by atoms with Crippen LogP contribution in [0.3, 0.4) is 0 Å². The van der Waals surface area contributed by atoms with E-state index in [1.807, 2.05) is 37.3 Å². The van der Waals surface area contributed by atoms with Crippen LogP contribution in [0.5, 0.6) is 0 Å². The zero-order valence-electron chi connectivity index (χ0n) is 13.8. The lowest BCUT2D eigenvalue weighted by Gasteiger charge is -2.10. The number of nitrogens with zero attached hydrogens (tertiary/aromatic N) is 2. The van der Waals surface area contributed by atoms with E-state index in [2.05, 4.69) is 5.10 Å². The lowest BCUT2D eigenvalue weighted by molar-refractivity contribution is -0.147. The molecule has 3 rings (SSSR count). The van der Waals surface area contributed by atoms with Gasteiger partial charge in [-0.25, -0.2) is 9.80 Å². The summed E-state index contributed by atoms with van der Waals surface area (Å²) < 4.78 is 10.3. The first-order valence-corrected chi connectivity index (χ1v) is 7.96. The van der Waals surface area contributed by atoms with Gasteiger partial charge in [0.1, 0.15) is 11.5 Å². The number of aryl methyl sites for hydroxylation is 1. The Kier molecular flexibility index (Phi) is 5.09. The van der Waals surface area contributed by atoms with Gasteiger partial charge in [0, 0.05) is 12.5 Å². The normalized spacial score (nSPS) is 14.0. The molecule has 128 valence electrons. The molecule has 1 aliphatic heterocycles. The summed E-state index contributed by atoms with van der Waals surface area (Å²) in [6.07, 6.45) is 3.41. The van der Waals surface area contributed by atoms with E-state index >= 15 is 0 Å². The first-order chi connectivity index (χ1) is 12.1. The molecule has 0 saturated heterocycles. The minimum Gasteiger partial charge on any atom is -0.462 e. The molecule has 0 radical (unpaired) electrons. The van der Waals surface area contributed by atoms with Crippen LogP contribution in [-0.2, 0) is 14.3 Å². The highest BCUT2D eigenvalue weighted by atomic mass is 16.5. The Bertz CT molecular complexity index is 821. The van der Waals surface area contributed by atoms with Crippen LogP contribution in [0, 0.1) is 6.92 Å². The molecule has 0 N–H and O–H groups in total. The third kappa shape index (κ3) is 4.44. The number of furan rings is 1. The molecule has 0 atom stereocenters. The summed E-state index contributed by atoms with van der Waals surface area (Å²) in [6.45, 7) is 1.96. The topological polar surface area (TPSA) is 72.1 Å². The van der Waals surface area contributed by atoms with Crippen LogP contribution in [0.15, 0.2) is 58.1 Å². The Labute approximate surface area is 145 Å². The molecule has 6 nitrogen and oxygen atoms in total. The summed E-state index contributed by atoms with van der Waals surface area (Å²) in [5, 5.41) is 5.65. The number of esters is 1. The second-order valence-electron chi connectivity index (χ2n) is 5.57. The number of ether oxygens (including phenoxy) is 1. The molecule has 0 bridgehead atoms. The van der Waals surface area contributed by atoms with Gasteiger partial charge in [0.25, 0.3) is 5.91 Å². The molecule has 1 aromatic heterocycles. The Balaban J connectivity index is 1.50. The molecule has 25 heavy (non-hydrogen) atoms. The van der Waals surface area contributed by atoms with E-state index in [-0.39, 0.29) is 12.5 Å². The minimum atomic E-state index is -0.603. The van der Waals surface area contributed by atoms with Gasteiger partial charge in [-0.05, 0) is 30.7 Å². The average Bonchev–Trinajstić information content (AvgIpc) is 3.28. The minimum absolute atomic E-state index is 0.341. The third-order valence-electron chi connectivity index (χ3n) is 3.68. The van der Waals surface area contributed by atoms with Crippen LogP contribution in [0.4, 0.5) is 0 Å². The Morgan fingerprint density at radius 3 is 2.76 bits per heavy atom. The van der Waals surface area contributed by atoms with Gasteiger partial charge in [-0.3, -0.25) is 4.79 Å². The lowest BCUT2D eigenvalue weighted by Crippen LogP contribution is -2.28. The van der Waals surface area contributed by atoms with Crippen molar-refractivity contribution < 1.29 is 18.7 Å². The number of carbonyl (C=O) groups is 2. The zero-order valence-corrected chi connectivity index (χ0v) is 13.8. The fourth-order valence-electron chi connectivity index (χ4n) is 2.42. The van der Waals surface area contributed by atoms with Gasteiger partial charge in [-0.1, -0.05) is 30.3 Å². The number of benzene rings is 1. The maximum Gasteiger partial charge on any atom is 0.331 e. The first kappa shape index (κ1) is 16.7. The maximum atomic E-state index is 12.1. The van der Waals surface area contributed by atoms with Gasteiger partial charge in [-0.2, -0.15) is 5.10 Å². The molecule has 1 aliphatic rings. The highest BCUT2D eigenvalue weighted by Crippen LogP contribution is 2.14. The second-order valence-corrected chi connectivity index (χ2v) is 5.57. The fraction of sp³-hybridized carbons (Fsp3) is 0.211. The van der Waals surface area contributed by atoms with Crippen molar-refractivity contribution in [3.05, 3.63) is 65.6 Å². The van der Waals surface area contributed by atoms with Crippen molar-refractivity contribution >= 4 is 23.7 Å². The van der Waals surface area contributed by atoms with Crippen LogP contribution >= 0.6 is 0 Å². The smallest absolute Gasteiger partial charge is 0.331 e. The van der Waals surface area contributed by atoms with Crippen molar-refractivity contribution in [1.29, 1.82) is 0 Å². The standard InChI is InChI=1S/C19H18N2O4/c1-14-7-8-16(25-14)9-10-19(23)24-13-18(22)21-12-11-17(20-21)15-5-3-2-4-6-15/h2-10H,11-13H2,1H3/b10-9+. The van der Waals surface area contributed by atoms with E-state index in [0.717, 1.165) is 17.0 Å². The van der Waals surface area contributed by atoms with Crippen molar-refractivity contribution in [2.45, 2.75) is 13.3 Å². The number of hydrogen-bond donors (Lipinski definition) is 0. The highest BCUT2D eigenvalue weighted by Gasteiger charge is 2.22. The summed E-state index contributed by atoms with van der Waals surface area (Å²) in [5.41, 5.74) is 1.85. The van der Waals surface area contributed by atoms with E-state index in [0.29, 0.717) is 18.7 Å². The van der Waals surface area contributed by atoms with Crippen molar-refractivity contribution in [2.24, 2.45) is 5.10 Å².